The molecule has 0 amide bonds. The van der Waals surface area contributed by atoms with Crippen molar-refractivity contribution in [1.29, 1.82) is 0 Å². The van der Waals surface area contributed by atoms with Gasteiger partial charge in [0.15, 0.2) is 11.5 Å². The number of methoxy groups -OCH3 is 1. The quantitative estimate of drug-likeness (QED) is 0.401. The van der Waals surface area contributed by atoms with Gasteiger partial charge >= 0.3 is 0 Å². The molecule has 0 spiro atoms. The second-order valence-electron chi connectivity index (χ2n) is 5.46. The van der Waals surface area contributed by atoms with E-state index in [1.54, 1.807) is 39.2 Å². The number of phenols is 1. The van der Waals surface area contributed by atoms with Crippen molar-refractivity contribution in [1.82, 2.24) is 0 Å². The molecule has 0 aromatic heterocycles. The number of aliphatic imine (C=N–C) groups is 1. The number of benzene rings is 1. The number of ether oxygens (including phenoxy) is 4. The van der Waals surface area contributed by atoms with Crippen LogP contribution in [0.15, 0.2) is 23.2 Å². The zero-order chi connectivity index (χ0) is 20.5. The van der Waals surface area contributed by atoms with Crippen LogP contribution in [0, 0.1) is 0 Å². The van der Waals surface area contributed by atoms with E-state index in [1.165, 1.54) is 0 Å². The van der Waals surface area contributed by atoms with Crippen LogP contribution in [0.4, 0.5) is 0 Å². The first-order valence-corrected chi connectivity index (χ1v) is 9.35. The smallest absolute Gasteiger partial charge is 0.166 e. The molecule has 1 aromatic carbocycles. The molecule has 1 atom stereocenters. The first-order valence-electron chi connectivity index (χ1n) is 9.35. The second-order valence-corrected chi connectivity index (χ2v) is 5.46. The van der Waals surface area contributed by atoms with E-state index < -0.39 is 0 Å². The Morgan fingerprint density at radius 1 is 1.04 bits per heavy atom. The van der Waals surface area contributed by atoms with Crippen LogP contribution in [0.5, 0.6) is 11.5 Å². The summed E-state index contributed by atoms with van der Waals surface area (Å²) < 4.78 is 21.1. The van der Waals surface area contributed by atoms with Gasteiger partial charge in [-0.05, 0) is 26.0 Å². The Morgan fingerprint density at radius 3 is 2.22 bits per heavy atom. The Balaban J connectivity index is 0.00000326. The van der Waals surface area contributed by atoms with E-state index in [9.17, 15) is 5.11 Å². The molecular formula is C20H35NO6. The van der Waals surface area contributed by atoms with Gasteiger partial charge < -0.3 is 29.2 Å². The third-order valence-electron chi connectivity index (χ3n) is 3.36. The molecule has 0 bridgehead atoms. The predicted molar refractivity (Wildman–Crippen MR) is 107 cm³/mol. The van der Waals surface area contributed by atoms with Gasteiger partial charge in [-0.1, -0.05) is 19.9 Å². The molecular weight excluding hydrogens is 350 g/mol. The lowest BCUT2D eigenvalue weighted by Gasteiger charge is -2.12. The summed E-state index contributed by atoms with van der Waals surface area (Å²) in [5, 5.41) is 19.4. The molecule has 1 unspecified atom stereocenters. The number of phenolic OH excluding ortho intramolecular Hbond substituents is 1. The molecule has 2 N–H and O–H groups in total. The van der Waals surface area contributed by atoms with Crippen molar-refractivity contribution < 1.29 is 29.2 Å². The summed E-state index contributed by atoms with van der Waals surface area (Å²) in [7, 11) is 1.63. The maximum absolute atomic E-state index is 10.3. The van der Waals surface area contributed by atoms with Crippen molar-refractivity contribution in [3.63, 3.8) is 0 Å². The minimum atomic E-state index is -0.219. The summed E-state index contributed by atoms with van der Waals surface area (Å²) in [5.41, 5.74) is 1.24. The monoisotopic (exact) mass is 385 g/mol. The van der Waals surface area contributed by atoms with E-state index in [2.05, 4.69) is 4.99 Å². The Kier molecular flexibility index (Phi) is 15.5. The van der Waals surface area contributed by atoms with Crippen LogP contribution < -0.4 is 4.74 Å². The van der Waals surface area contributed by atoms with Crippen LogP contribution in [-0.4, -0.2) is 75.3 Å². The highest BCUT2D eigenvalue weighted by atomic mass is 16.6. The number of nitrogens with zero attached hydrogens (tertiary/aromatic N) is 1. The number of aliphatic hydroxyl groups excluding tert-OH is 1. The third kappa shape index (κ3) is 10.9. The van der Waals surface area contributed by atoms with Crippen molar-refractivity contribution in [2.75, 3.05) is 53.4 Å². The lowest BCUT2D eigenvalue weighted by Crippen LogP contribution is -2.12. The number of aliphatic hydroxyl groups is 1. The maximum Gasteiger partial charge on any atom is 0.166 e. The number of hydrogen-bond donors (Lipinski definition) is 2. The lowest BCUT2D eigenvalue weighted by molar-refractivity contribution is 0.0178. The summed E-state index contributed by atoms with van der Waals surface area (Å²) in [4.78, 5) is 4.32. The first-order chi connectivity index (χ1) is 13.1. The van der Waals surface area contributed by atoms with Crippen LogP contribution >= 0.6 is 0 Å². The molecule has 7 heteroatoms. The number of para-hydroxylation sites is 1. The fraction of sp³-hybridized carbons (Fsp3) is 0.650. The third-order valence-corrected chi connectivity index (χ3v) is 3.36. The molecule has 0 radical (unpaired) electrons. The largest absolute Gasteiger partial charge is 0.504 e. The topological polar surface area (TPSA) is 89.7 Å². The second kappa shape index (κ2) is 16.5. The van der Waals surface area contributed by atoms with Crippen LogP contribution in [0.3, 0.4) is 0 Å². The van der Waals surface area contributed by atoms with Gasteiger partial charge in [-0.2, -0.15) is 0 Å². The van der Waals surface area contributed by atoms with Crippen molar-refractivity contribution >= 4 is 5.71 Å². The maximum atomic E-state index is 10.3. The van der Waals surface area contributed by atoms with Gasteiger partial charge in [-0.3, -0.25) is 4.99 Å². The molecule has 1 aromatic rings. The minimum Gasteiger partial charge on any atom is -0.504 e. The fourth-order valence-corrected chi connectivity index (χ4v) is 2.05. The molecule has 0 heterocycles. The highest BCUT2D eigenvalue weighted by Crippen LogP contribution is 2.30. The molecule has 0 saturated heterocycles. The first kappa shape index (κ1) is 25.3. The Bertz CT molecular complexity index is 521. The van der Waals surface area contributed by atoms with E-state index in [0.29, 0.717) is 56.7 Å². The Morgan fingerprint density at radius 2 is 1.63 bits per heavy atom. The average Bonchev–Trinajstić information content (AvgIpc) is 2.69. The zero-order valence-electron chi connectivity index (χ0n) is 17.2. The summed E-state index contributed by atoms with van der Waals surface area (Å²) in [5.74, 6) is 0.417. The van der Waals surface area contributed by atoms with Crippen LogP contribution in [0.25, 0.3) is 0 Å². The van der Waals surface area contributed by atoms with Crippen LogP contribution in [0.1, 0.15) is 33.3 Å². The summed E-state index contributed by atoms with van der Waals surface area (Å²) in [6.07, 6.45) is 0. The van der Waals surface area contributed by atoms with Crippen molar-refractivity contribution in [2.45, 2.75) is 33.7 Å². The SMILES string of the molecule is CC.COCCOCCOCCOc1cccc(C(C)=NC(C)CO)c1O. The summed E-state index contributed by atoms with van der Waals surface area (Å²) >= 11 is 0. The highest BCUT2D eigenvalue weighted by Gasteiger charge is 2.11. The molecule has 156 valence electrons. The van der Waals surface area contributed by atoms with Gasteiger partial charge in [0.2, 0.25) is 0 Å². The molecule has 0 aliphatic carbocycles. The van der Waals surface area contributed by atoms with E-state index in [-0.39, 0.29) is 18.4 Å². The van der Waals surface area contributed by atoms with Crippen molar-refractivity contribution in [3.05, 3.63) is 23.8 Å². The zero-order valence-corrected chi connectivity index (χ0v) is 17.2. The summed E-state index contributed by atoms with van der Waals surface area (Å²) in [6, 6.07) is 5.02. The molecule has 0 aliphatic rings. The fourth-order valence-electron chi connectivity index (χ4n) is 2.05. The highest BCUT2D eigenvalue weighted by molar-refractivity contribution is 6.01. The van der Waals surface area contributed by atoms with Crippen LogP contribution in [0.2, 0.25) is 0 Å². The number of aromatic hydroxyl groups is 1. The van der Waals surface area contributed by atoms with Gasteiger partial charge in [0.25, 0.3) is 0 Å². The number of hydrogen-bond acceptors (Lipinski definition) is 7. The molecule has 0 saturated carbocycles. The van der Waals surface area contributed by atoms with Gasteiger partial charge in [0.1, 0.15) is 6.61 Å². The standard InChI is InChI=1S/C18H29NO6.C2H6/c1-14(13-20)19-15(2)16-5-4-6-17(18(16)21)25-12-11-24-10-9-23-8-7-22-3;1-2/h4-6,14,20-21H,7-13H2,1-3H3;1-2H3. The van der Waals surface area contributed by atoms with Gasteiger partial charge in [-0.25, -0.2) is 0 Å². The van der Waals surface area contributed by atoms with Crippen LogP contribution in [-0.2, 0) is 14.2 Å². The number of rotatable bonds is 13. The van der Waals surface area contributed by atoms with Crippen molar-refractivity contribution in [3.8, 4) is 11.5 Å². The normalized spacial score (nSPS) is 12.3. The molecule has 1 rings (SSSR count). The van der Waals surface area contributed by atoms with E-state index in [4.69, 9.17) is 24.1 Å². The lowest BCUT2D eigenvalue weighted by atomic mass is 10.1. The van der Waals surface area contributed by atoms with Gasteiger partial charge in [-0.15, -0.1) is 0 Å². The minimum absolute atomic E-state index is 0.0387. The van der Waals surface area contributed by atoms with Gasteiger partial charge in [0.05, 0.1) is 45.7 Å². The predicted octanol–water partition coefficient (Wildman–Crippen LogP) is 2.67. The van der Waals surface area contributed by atoms with E-state index in [1.807, 2.05) is 13.8 Å². The Hall–Kier alpha value is -1.67. The van der Waals surface area contributed by atoms with E-state index >= 15 is 0 Å². The van der Waals surface area contributed by atoms with Gasteiger partial charge in [0, 0.05) is 18.4 Å². The molecule has 0 aliphatic heterocycles. The molecule has 27 heavy (non-hydrogen) atoms. The molecule has 0 fully saturated rings. The molecule has 7 nitrogen and oxygen atoms in total. The average molecular weight is 386 g/mol. The van der Waals surface area contributed by atoms with Crippen molar-refractivity contribution in [2.24, 2.45) is 4.99 Å². The van der Waals surface area contributed by atoms with E-state index in [0.717, 1.165) is 0 Å². The Labute approximate surface area is 162 Å². The summed E-state index contributed by atoms with van der Waals surface area (Å²) in [6.45, 7) is 10.4.